The van der Waals surface area contributed by atoms with Gasteiger partial charge in [-0.2, -0.15) is 0 Å². The third-order valence-corrected chi connectivity index (χ3v) is 3.74. The number of para-hydroxylation sites is 1. The highest BCUT2D eigenvalue weighted by Gasteiger charge is 2.21. The van der Waals surface area contributed by atoms with Crippen LogP contribution in [0.1, 0.15) is 33.3 Å². The number of fused-ring (bicyclic) bond motifs is 1. The zero-order valence-corrected chi connectivity index (χ0v) is 13.0. The molecule has 0 saturated carbocycles. The summed E-state index contributed by atoms with van der Waals surface area (Å²) < 4.78 is 5.29. The van der Waals surface area contributed by atoms with Crippen LogP contribution in [0.2, 0.25) is 0 Å². The first-order valence-electron chi connectivity index (χ1n) is 7.44. The third kappa shape index (κ3) is 3.16. The van der Waals surface area contributed by atoms with Crippen LogP contribution in [0.25, 0.3) is 10.9 Å². The standard InChI is InChI=1S/C19H17NO3/c1-12-7-9-14(10-8-12)18(21)13(2)23-19(22)17-11-15-5-3-4-6-16(15)20-17/h3-11,13,20H,1-2H3/t13-/m1/s1. The van der Waals surface area contributed by atoms with Crippen molar-refractivity contribution in [1.29, 1.82) is 0 Å². The maximum Gasteiger partial charge on any atom is 0.355 e. The Hall–Kier alpha value is -2.88. The maximum atomic E-state index is 12.3. The van der Waals surface area contributed by atoms with Gasteiger partial charge >= 0.3 is 5.97 Å². The number of carbonyl (C=O) groups is 2. The second kappa shape index (κ2) is 6.08. The van der Waals surface area contributed by atoms with E-state index in [1.165, 1.54) is 0 Å². The van der Waals surface area contributed by atoms with Gasteiger partial charge in [-0.05, 0) is 26.0 Å². The molecule has 1 N–H and O–H groups in total. The average molecular weight is 307 g/mol. The number of hydrogen-bond donors (Lipinski definition) is 1. The lowest BCUT2D eigenvalue weighted by atomic mass is 10.1. The number of ketones is 1. The first-order valence-corrected chi connectivity index (χ1v) is 7.44. The molecule has 23 heavy (non-hydrogen) atoms. The van der Waals surface area contributed by atoms with E-state index in [9.17, 15) is 9.59 Å². The molecular weight excluding hydrogens is 290 g/mol. The van der Waals surface area contributed by atoms with Gasteiger partial charge in [0.15, 0.2) is 6.10 Å². The fourth-order valence-electron chi connectivity index (χ4n) is 2.41. The van der Waals surface area contributed by atoms with Crippen LogP contribution in [0, 0.1) is 6.92 Å². The number of H-pyrrole nitrogens is 1. The van der Waals surface area contributed by atoms with Gasteiger partial charge in [-0.25, -0.2) is 4.79 Å². The van der Waals surface area contributed by atoms with Crippen molar-refractivity contribution in [1.82, 2.24) is 4.98 Å². The number of benzene rings is 2. The number of nitrogens with one attached hydrogen (secondary N) is 1. The normalized spacial score (nSPS) is 12.1. The molecule has 3 rings (SSSR count). The maximum absolute atomic E-state index is 12.3. The number of Topliss-reactive ketones (excluding diaryl/α,β-unsaturated/α-hetero) is 1. The van der Waals surface area contributed by atoms with Crippen molar-refractivity contribution in [3.05, 3.63) is 71.4 Å². The molecule has 2 aromatic carbocycles. The van der Waals surface area contributed by atoms with Gasteiger partial charge in [0.2, 0.25) is 5.78 Å². The molecule has 0 aliphatic heterocycles. The highest BCUT2D eigenvalue weighted by atomic mass is 16.5. The van der Waals surface area contributed by atoms with E-state index < -0.39 is 12.1 Å². The van der Waals surface area contributed by atoms with Crippen molar-refractivity contribution in [2.45, 2.75) is 20.0 Å². The molecule has 0 fully saturated rings. The van der Waals surface area contributed by atoms with Gasteiger partial charge < -0.3 is 9.72 Å². The average Bonchev–Trinajstić information content (AvgIpc) is 2.99. The lowest BCUT2D eigenvalue weighted by Gasteiger charge is -2.11. The first kappa shape index (κ1) is 15.0. The minimum Gasteiger partial charge on any atom is -0.450 e. The van der Waals surface area contributed by atoms with Crippen LogP contribution in [0.5, 0.6) is 0 Å². The molecule has 3 aromatic rings. The van der Waals surface area contributed by atoms with Gasteiger partial charge in [0.05, 0.1) is 0 Å². The summed E-state index contributed by atoms with van der Waals surface area (Å²) in [6.45, 7) is 3.54. The molecule has 4 heteroatoms. The minimum absolute atomic E-state index is 0.213. The summed E-state index contributed by atoms with van der Waals surface area (Å²) >= 11 is 0. The Morgan fingerprint density at radius 2 is 1.74 bits per heavy atom. The van der Waals surface area contributed by atoms with Crippen LogP contribution < -0.4 is 0 Å². The SMILES string of the molecule is Cc1ccc(C(=O)[C@@H](C)OC(=O)c2cc3ccccc3[nH]2)cc1. The minimum atomic E-state index is -0.836. The number of aromatic amines is 1. The Bertz CT molecular complexity index is 829. The second-order valence-corrected chi connectivity index (χ2v) is 5.55. The van der Waals surface area contributed by atoms with E-state index in [-0.39, 0.29) is 5.78 Å². The monoisotopic (exact) mass is 307 g/mol. The molecule has 1 heterocycles. The molecule has 4 nitrogen and oxygen atoms in total. The first-order chi connectivity index (χ1) is 11.0. The number of esters is 1. The topological polar surface area (TPSA) is 59.2 Å². The molecule has 0 radical (unpaired) electrons. The van der Waals surface area contributed by atoms with E-state index in [2.05, 4.69) is 4.98 Å². The van der Waals surface area contributed by atoms with E-state index in [4.69, 9.17) is 4.74 Å². The summed E-state index contributed by atoms with van der Waals surface area (Å²) in [6.07, 6.45) is -0.836. The predicted molar refractivity (Wildman–Crippen MR) is 88.7 cm³/mol. The Balaban J connectivity index is 1.73. The number of hydrogen-bond acceptors (Lipinski definition) is 3. The summed E-state index contributed by atoms with van der Waals surface area (Å²) in [7, 11) is 0. The number of carbonyl (C=O) groups excluding carboxylic acids is 2. The summed E-state index contributed by atoms with van der Waals surface area (Å²) in [5.41, 5.74) is 2.81. The Morgan fingerprint density at radius 3 is 2.43 bits per heavy atom. The van der Waals surface area contributed by atoms with E-state index in [1.807, 2.05) is 43.3 Å². The zero-order valence-electron chi connectivity index (χ0n) is 13.0. The summed E-state index contributed by atoms with van der Waals surface area (Å²) in [5.74, 6) is -0.747. The molecule has 1 atom stereocenters. The number of rotatable bonds is 4. The van der Waals surface area contributed by atoms with Crippen molar-refractivity contribution in [2.75, 3.05) is 0 Å². The van der Waals surface area contributed by atoms with Crippen LogP contribution in [-0.2, 0) is 4.74 Å². The molecule has 0 bridgehead atoms. The van der Waals surface area contributed by atoms with Crippen LogP contribution in [-0.4, -0.2) is 22.8 Å². The van der Waals surface area contributed by atoms with E-state index in [0.717, 1.165) is 16.5 Å². The molecule has 0 aliphatic rings. The fourth-order valence-corrected chi connectivity index (χ4v) is 2.41. The number of ether oxygens (including phenoxy) is 1. The van der Waals surface area contributed by atoms with Crippen LogP contribution in [0.3, 0.4) is 0 Å². The smallest absolute Gasteiger partial charge is 0.355 e. The molecule has 0 spiro atoms. The lowest BCUT2D eigenvalue weighted by Crippen LogP contribution is -2.24. The fraction of sp³-hybridized carbons (Fsp3) is 0.158. The summed E-state index contributed by atoms with van der Waals surface area (Å²) in [6, 6.07) is 16.5. The van der Waals surface area contributed by atoms with Crippen LogP contribution in [0.15, 0.2) is 54.6 Å². The molecule has 0 amide bonds. The summed E-state index contributed by atoms with van der Waals surface area (Å²) in [5, 5.41) is 0.928. The van der Waals surface area contributed by atoms with Crippen molar-refractivity contribution in [3.63, 3.8) is 0 Å². The number of aromatic nitrogens is 1. The molecular formula is C19H17NO3. The lowest BCUT2D eigenvalue weighted by molar-refractivity contribution is 0.0314. The van der Waals surface area contributed by atoms with E-state index >= 15 is 0 Å². The Labute approximate surface area is 134 Å². The quantitative estimate of drug-likeness (QED) is 0.587. The second-order valence-electron chi connectivity index (χ2n) is 5.55. The van der Waals surface area contributed by atoms with Crippen molar-refractivity contribution in [2.24, 2.45) is 0 Å². The van der Waals surface area contributed by atoms with Crippen molar-refractivity contribution < 1.29 is 14.3 Å². The largest absolute Gasteiger partial charge is 0.450 e. The Kier molecular flexibility index (Phi) is 3.98. The van der Waals surface area contributed by atoms with Gasteiger partial charge in [0.25, 0.3) is 0 Å². The molecule has 0 aliphatic carbocycles. The van der Waals surface area contributed by atoms with Gasteiger partial charge in [-0.1, -0.05) is 48.0 Å². The number of aryl methyl sites for hydroxylation is 1. The Morgan fingerprint density at radius 1 is 1.04 bits per heavy atom. The molecule has 116 valence electrons. The predicted octanol–water partition coefficient (Wildman–Crippen LogP) is 3.90. The third-order valence-electron chi connectivity index (χ3n) is 3.74. The van der Waals surface area contributed by atoms with Crippen molar-refractivity contribution in [3.8, 4) is 0 Å². The van der Waals surface area contributed by atoms with Crippen LogP contribution >= 0.6 is 0 Å². The highest BCUT2D eigenvalue weighted by molar-refractivity contribution is 6.02. The van der Waals surface area contributed by atoms with Gasteiger partial charge in [-0.15, -0.1) is 0 Å². The molecule has 0 unspecified atom stereocenters. The van der Waals surface area contributed by atoms with Gasteiger partial charge in [0.1, 0.15) is 5.69 Å². The molecule has 0 saturated heterocycles. The van der Waals surface area contributed by atoms with E-state index in [1.54, 1.807) is 25.1 Å². The van der Waals surface area contributed by atoms with Gasteiger partial charge in [0, 0.05) is 16.5 Å². The zero-order chi connectivity index (χ0) is 16.4. The van der Waals surface area contributed by atoms with Crippen molar-refractivity contribution >= 4 is 22.7 Å². The van der Waals surface area contributed by atoms with Crippen LogP contribution in [0.4, 0.5) is 0 Å². The summed E-state index contributed by atoms with van der Waals surface area (Å²) in [4.78, 5) is 27.5. The molecule has 1 aromatic heterocycles. The highest BCUT2D eigenvalue weighted by Crippen LogP contribution is 2.16. The van der Waals surface area contributed by atoms with E-state index in [0.29, 0.717) is 11.3 Å². The van der Waals surface area contributed by atoms with Gasteiger partial charge in [-0.3, -0.25) is 4.79 Å².